The third-order valence-corrected chi connectivity index (χ3v) is 6.99. The fourth-order valence-electron chi connectivity index (χ4n) is 4.44. The highest BCUT2D eigenvalue weighted by Crippen LogP contribution is 2.24. The van der Waals surface area contributed by atoms with Gasteiger partial charge in [-0.3, -0.25) is 9.36 Å². The summed E-state index contributed by atoms with van der Waals surface area (Å²) in [5, 5.41) is 15.8. The number of aryl methyl sites for hydroxylation is 1. The minimum absolute atomic E-state index is 0.0118. The second-order valence-electron chi connectivity index (χ2n) is 9.81. The summed E-state index contributed by atoms with van der Waals surface area (Å²) in [6, 6.07) is 15.0. The number of oxazole rings is 1. The second-order valence-corrected chi connectivity index (χ2v) is 9.81. The molecule has 1 amide bonds. The number of hydrogen-bond donors (Lipinski definition) is 2. The highest BCUT2D eigenvalue weighted by Gasteiger charge is 2.28. The summed E-state index contributed by atoms with van der Waals surface area (Å²) in [7, 11) is 3.56. The molecule has 0 bridgehead atoms. The first-order valence-corrected chi connectivity index (χ1v) is 13.6. The van der Waals surface area contributed by atoms with Crippen LogP contribution in [0.4, 0.5) is 0 Å². The van der Waals surface area contributed by atoms with Gasteiger partial charge in [-0.25, -0.2) is 4.79 Å². The standard InChI is InChI=1S/C30H40N4O5/c1-6-20(3)28(38-19-25(37-7-2)14-15-32-4)29(35)33-24(18-31)16-21-8-10-22(11-9-21)23-12-13-27-26(17-23)34(5)30(36)39-27/h8-13,17,20,24-25,28,32H,6-7,14-16,19H2,1-5H3,(H,33,35). The number of fused-ring (bicyclic) bond motifs is 1. The molecule has 0 aliphatic heterocycles. The molecule has 4 unspecified atom stereocenters. The molecule has 9 nitrogen and oxygen atoms in total. The van der Waals surface area contributed by atoms with Crippen molar-refractivity contribution in [3.8, 4) is 17.2 Å². The van der Waals surface area contributed by atoms with Gasteiger partial charge in [0.2, 0.25) is 5.91 Å². The van der Waals surface area contributed by atoms with Gasteiger partial charge in [-0.1, -0.05) is 50.6 Å². The molecule has 2 aromatic carbocycles. The van der Waals surface area contributed by atoms with Crippen molar-refractivity contribution in [2.24, 2.45) is 13.0 Å². The van der Waals surface area contributed by atoms with Crippen molar-refractivity contribution in [3.05, 3.63) is 58.6 Å². The van der Waals surface area contributed by atoms with E-state index in [1.54, 1.807) is 13.1 Å². The highest BCUT2D eigenvalue weighted by molar-refractivity contribution is 5.82. The summed E-state index contributed by atoms with van der Waals surface area (Å²) < 4.78 is 18.5. The van der Waals surface area contributed by atoms with Crippen LogP contribution in [0.3, 0.4) is 0 Å². The van der Waals surface area contributed by atoms with Gasteiger partial charge in [0, 0.05) is 20.1 Å². The van der Waals surface area contributed by atoms with E-state index in [0.29, 0.717) is 25.2 Å². The molecule has 210 valence electrons. The lowest BCUT2D eigenvalue weighted by atomic mass is 9.99. The van der Waals surface area contributed by atoms with Gasteiger partial charge in [0.25, 0.3) is 0 Å². The van der Waals surface area contributed by atoms with Gasteiger partial charge >= 0.3 is 5.76 Å². The lowest BCUT2D eigenvalue weighted by Gasteiger charge is -2.26. The molecule has 39 heavy (non-hydrogen) atoms. The average molecular weight is 537 g/mol. The Bertz CT molecular complexity index is 1310. The Morgan fingerprint density at radius 2 is 1.85 bits per heavy atom. The van der Waals surface area contributed by atoms with Crippen LogP contribution in [0.1, 0.15) is 39.2 Å². The summed E-state index contributed by atoms with van der Waals surface area (Å²) in [6.07, 6.45) is 1.15. The number of carbonyl (C=O) groups is 1. The predicted molar refractivity (Wildman–Crippen MR) is 151 cm³/mol. The van der Waals surface area contributed by atoms with Gasteiger partial charge < -0.3 is 24.5 Å². The van der Waals surface area contributed by atoms with E-state index < -0.39 is 17.9 Å². The Balaban J connectivity index is 1.65. The second kappa shape index (κ2) is 14.6. The van der Waals surface area contributed by atoms with Crippen LogP contribution in [0, 0.1) is 17.2 Å². The number of nitrogens with zero attached hydrogens (tertiary/aromatic N) is 2. The molecule has 3 rings (SSSR count). The Morgan fingerprint density at radius 3 is 2.49 bits per heavy atom. The molecule has 1 heterocycles. The normalized spacial score (nSPS) is 14.5. The van der Waals surface area contributed by atoms with Gasteiger partial charge in [-0.05, 0) is 61.7 Å². The van der Waals surface area contributed by atoms with Crippen LogP contribution >= 0.6 is 0 Å². The van der Waals surface area contributed by atoms with Gasteiger partial charge in [0.05, 0.1) is 24.3 Å². The van der Waals surface area contributed by atoms with Crippen molar-refractivity contribution in [1.82, 2.24) is 15.2 Å². The summed E-state index contributed by atoms with van der Waals surface area (Å²) in [4.78, 5) is 25.0. The lowest BCUT2D eigenvalue weighted by Crippen LogP contribution is -2.46. The molecule has 0 saturated heterocycles. The third kappa shape index (κ3) is 8.02. The van der Waals surface area contributed by atoms with E-state index in [9.17, 15) is 14.9 Å². The van der Waals surface area contributed by atoms with Crippen LogP contribution in [-0.2, 0) is 27.7 Å². The molecule has 2 N–H and O–H groups in total. The molecule has 3 aromatic rings. The molecule has 0 spiro atoms. The Hall–Kier alpha value is -3.45. The first-order valence-electron chi connectivity index (χ1n) is 13.6. The number of nitrogens with one attached hydrogen (secondary N) is 2. The molecule has 0 aliphatic rings. The topological polar surface area (TPSA) is 119 Å². The van der Waals surface area contributed by atoms with Gasteiger partial charge in [0.15, 0.2) is 5.58 Å². The van der Waals surface area contributed by atoms with Crippen LogP contribution in [0.25, 0.3) is 22.2 Å². The van der Waals surface area contributed by atoms with E-state index in [1.807, 2.05) is 64.2 Å². The zero-order chi connectivity index (χ0) is 28.4. The van der Waals surface area contributed by atoms with Crippen LogP contribution in [0.5, 0.6) is 0 Å². The van der Waals surface area contributed by atoms with Gasteiger partial charge in [-0.2, -0.15) is 5.26 Å². The first kappa shape index (κ1) is 30.1. The summed E-state index contributed by atoms with van der Waals surface area (Å²) in [5.74, 6) is -0.691. The largest absolute Gasteiger partial charge is 0.419 e. The Labute approximate surface area is 230 Å². The van der Waals surface area contributed by atoms with Crippen LogP contribution in [-0.4, -0.2) is 55.5 Å². The monoisotopic (exact) mass is 536 g/mol. The van der Waals surface area contributed by atoms with Crippen molar-refractivity contribution in [1.29, 1.82) is 5.26 Å². The fourth-order valence-corrected chi connectivity index (χ4v) is 4.44. The molecule has 9 heteroatoms. The third-order valence-electron chi connectivity index (χ3n) is 6.99. The molecule has 0 radical (unpaired) electrons. The summed E-state index contributed by atoms with van der Waals surface area (Å²) in [5.41, 5.74) is 4.11. The zero-order valence-corrected chi connectivity index (χ0v) is 23.5. The number of carbonyl (C=O) groups excluding carboxylic acids is 1. The molecule has 0 saturated carbocycles. The number of benzene rings is 2. The summed E-state index contributed by atoms with van der Waals surface area (Å²) >= 11 is 0. The van der Waals surface area contributed by atoms with Crippen molar-refractivity contribution >= 4 is 17.0 Å². The number of nitriles is 1. The fraction of sp³-hybridized carbons (Fsp3) is 0.500. The van der Waals surface area contributed by atoms with Crippen molar-refractivity contribution in [3.63, 3.8) is 0 Å². The lowest BCUT2D eigenvalue weighted by molar-refractivity contribution is -0.140. The van der Waals surface area contributed by atoms with Crippen molar-refractivity contribution in [2.75, 3.05) is 26.8 Å². The number of ether oxygens (including phenoxy) is 2. The Morgan fingerprint density at radius 1 is 1.13 bits per heavy atom. The molecule has 1 aromatic heterocycles. The van der Waals surface area contributed by atoms with E-state index in [0.717, 1.165) is 41.6 Å². The van der Waals surface area contributed by atoms with Crippen molar-refractivity contribution in [2.45, 2.75) is 58.3 Å². The predicted octanol–water partition coefficient (Wildman–Crippen LogP) is 3.80. The average Bonchev–Trinajstić information content (AvgIpc) is 3.23. The van der Waals surface area contributed by atoms with E-state index in [-0.39, 0.29) is 17.9 Å². The maximum atomic E-state index is 13.2. The quantitative estimate of drug-likeness (QED) is 0.303. The SMILES string of the molecule is CCOC(CCNC)COC(C(=O)NC(C#N)Cc1ccc(-c2ccc3oc(=O)n(C)c3c2)cc1)C(C)CC. The van der Waals surface area contributed by atoms with E-state index in [4.69, 9.17) is 13.9 Å². The molecule has 0 fully saturated rings. The van der Waals surface area contributed by atoms with E-state index >= 15 is 0 Å². The van der Waals surface area contributed by atoms with E-state index in [2.05, 4.69) is 16.7 Å². The number of amides is 1. The number of hydrogen-bond acceptors (Lipinski definition) is 7. The zero-order valence-electron chi connectivity index (χ0n) is 23.5. The minimum Gasteiger partial charge on any atom is -0.408 e. The van der Waals surface area contributed by atoms with Gasteiger partial charge in [0.1, 0.15) is 12.1 Å². The van der Waals surface area contributed by atoms with Crippen LogP contribution in [0.15, 0.2) is 51.7 Å². The first-order chi connectivity index (χ1) is 18.8. The smallest absolute Gasteiger partial charge is 0.408 e. The Kier molecular flexibility index (Phi) is 11.3. The summed E-state index contributed by atoms with van der Waals surface area (Å²) in [6.45, 7) is 7.62. The molecular weight excluding hydrogens is 496 g/mol. The highest BCUT2D eigenvalue weighted by atomic mass is 16.5. The van der Waals surface area contributed by atoms with Gasteiger partial charge in [-0.15, -0.1) is 0 Å². The van der Waals surface area contributed by atoms with E-state index in [1.165, 1.54) is 4.57 Å². The molecule has 4 atom stereocenters. The van der Waals surface area contributed by atoms with Crippen LogP contribution in [0.2, 0.25) is 0 Å². The molecular formula is C30H40N4O5. The van der Waals surface area contributed by atoms with Crippen LogP contribution < -0.4 is 16.4 Å². The number of aromatic nitrogens is 1. The maximum Gasteiger partial charge on any atom is 0.419 e. The minimum atomic E-state index is -0.692. The molecule has 0 aliphatic carbocycles. The number of rotatable bonds is 15. The maximum absolute atomic E-state index is 13.2. The van der Waals surface area contributed by atoms with Crippen molar-refractivity contribution < 1.29 is 18.7 Å².